The molecule has 1 amide bonds. The molecule has 0 saturated carbocycles. The largest absolute Gasteiger partial charge is 0.342 e. The number of halogens is 1. The molecule has 1 aliphatic heterocycles. The molecule has 1 aromatic heterocycles. The normalized spacial score (nSPS) is 20.2. The van der Waals surface area contributed by atoms with Gasteiger partial charge in [0.25, 0.3) is 5.91 Å². The van der Waals surface area contributed by atoms with Crippen molar-refractivity contribution in [2.45, 2.75) is 32.9 Å². The summed E-state index contributed by atoms with van der Waals surface area (Å²) in [6, 6.07) is 2.27. The van der Waals surface area contributed by atoms with E-state index in [-0.39, 0.29) is 5.91 Å². The summed E-state index contributed by atoms with van der Waals surface area (Å²) in [5, 5.41) is 0. The molecule has 0 spiro atoms. The molecule has 3 nitrogen and oxygen atoms in total. The molecule has 5 heteroatoms. The third kappa shape index (κ3) is 2.94. The molecule has 0 aliphatic carbocycles. The van der Waals surface area contributed by atoms with Crippen molar-refractivity contribution in [3.8, 4) is 0 Å². The Kier molecular flexibility index (Phi) is 4.78. The maximum absolute atomic E-state index is 12.6. The molecule has 0 N–H and O–H groups in total. The third-order valence-electron chi connectivity index (χ3n) is 3.18. The number of hydrogen-bond acceptors (Lipinski definition) is 2. The molecule has 2 heterocycles. The highest BCUT2D eigenvalue weighted by atomic mass is 79.9. The minimum atomic E-state index is 0.168. The standard InChI is InChI=1S/C13H19BrN2OS/c1-3-4-15-8-11(14)7-12(15)13(17)16-5-6-18-9-10(16)2/h7-8,10H,3-6,9H2,1-2H3. The molecule has 0 radical (unpaired) electrons. The van der Waals surface area contributed by atoms with Crippen molar-refractivity contribution in [3.05, 3.63) is 22.4 Å². The summed E-state index contributed by atoms with van der Waals surface area (Å²) in [6.45, 7) is 6.01. The van der Waals surface area contributed by atoms with Crippen LogP contribution in [0.5, 0.6) is 0 Å². The summed E-state index contributed by atoms with van der Waals surface area (Å²) in [5.41, 5.74) is 0.808. The van der Waals surface area contributed by atoms with Gasteiger partial charge in [0, 0.05) is 41.3 Å². The second-order valence-corrected chi connectivity index (χ2v) is 6.72. The zero-order chi connectivity index (χ0) is 13.1. The van der Waals surface area contributed by atoms with E-state index in [0.717, 1.165) is 41.2 Å². The van der Waals surface area contributed by atoms with Crippen molar-refractivity contribution in [2.75, 3.05) is 18.1 Å². The molecule has 0 bridgehead atoms. The highest BCUT2D eigenvalue weighted by molar-refractivity contribution is 9.10. The third-order valence-corrected chi connectivity index (χ3v) is 4.80. The lowest BCUT2D eigenvalue weighted by molar-refractivity contribution is 0.0705. The molecule has 1 aromatic rings. The molecule has 1 atom stereocenters. The summed E-state index contributed by atoms with van der Waals surface area (Å²) < 4.78 is 3.04. The average molecular weight is 331 g/mol. The smallest absolute Gasteiger partial charge is 0.270 e. The van der Waals surface area contributed by atoms with E-state index in [1.165, 1.54) is 0 Å². The number of nitrogens with zero attached hydrogens (tertiary/aromatic N) is 2. The van der Waals surface area contributed by atoms with Crippen LogP contribution in [0.2, 0.25) is 0 Å². The Labute approximate surface area is 121 Å². The maximum Gasteiger partial charge on any atom is 0.270 e. The van der Waals surface area contributed by atoms with Gasteiger partial charge in [-0.2, -0.15) is 11.8 Å². The van der Waals surface area contributed by atoms with Gasteiger partial charge in [-0.3, -0.25) is 4.79 Å². The van der Waals surface area contributed by atoms with Crippen LogP contribution in [0.4, 0.5) is 0 Å². The van der Waals surface area contributed by atoms with E-state index < -0.39 is 0 Å². The first kappa shape index (κ1) is 14.0. The highest BCUT2D eigenvalue weighted by Gasteiger charge is 2.26. The van der Waals surface area contributed by atoms with Gasteiger partial charge in [-0.15, -0.1) is 0 Å². The number of rotatable bonds is 3. The van der Waals surface area contributed by atoms with Gasteiger partial charge in [-0.25, -0.2) is 0 Å². The molecular weight excluding hydrogens is 312 g/mol. The van der Waals surface area contributed by atoms with Gasteiger partial charge in [-0.05, 0) is 35.3 Å². The van der Waals surface area contributed by atoms with Crippen LogP contribution in [0.1, 0.15) is 30.8 Å². The predicted molar refractivity (Wildman–Crippen MR) is 80.2 cm³/mol. The highest BCUT2D eigenvalue weighted by Crippen LogP contribution is 2.22. The van der Waals surface area contributed by atoms with E-state index in [1.807, 2.05) is 28.9 Å². The Morgan fingerprint density at radius 1 is 1.61 bits per heavy atom. The molecule has 1 fully saturated rings. The minimum absolute atomic E-state index is 0.168. The van der Waals surface area contributed by atoms with Gasteiger partial charge >= 0.3 is 0 Å². The Hall–Kier alpha value is -0.420. The average Bonchev–Trinajstić information content (AvgIpc) is 2.71. The first-order valence-corrected chi connectivity index (χ1v) is 8.32. The van der Waals surface area contributed by atoms with Crippen LogP contribution in [-0.2, 0) is 6.54 Å². The van der Waals surface area contributed by atoms with Crippen molar-refractivity contribution >= 4 is 33.6 Å². The van der Waals surface area contributed by atoms with Crippen LogP contribution in [0.25, 0.3) is 0 Å². The number of amides is 1. The molecule has 1 unspecified atom stereocenters. The Morgan fingerprint density at radius 3 is 3.06 bits per heavy atom. The van der Waals surface area contributed by atoms with E-state index in [0.29, 0.717) is 6.04 Å². The van der Waals surface area contributed by atoms with Crippen LogP contribution in [-0.4, -0.2) is 39.5 Å². The quantitative estimate of drug-likeness (QED) is 0.850. The molecule has 1 saturated heterocycles. The van der Waals surface area contributed by atoms with E-state index in [1.54, 1.807) is 0 Å². The summed E-state index contributed by atoms with van der Waals surface area (Å²) >= 11 is 5.39. The fourth-order valence-corrected chi connectivity index (χ4v) is 3.73. The van der Waals surface area contributed by atoms with Crippen LogP contribution >= 0.6 is 27.7 Å². The number of carbonyl (C=O) groups excluding carboxylic acids is 1. The molecule has 2 rings (SSSR count). The van der Waals surface area contributed by atoms with Crippen LogP contribution in [0.15, 0.2) is 16.7 Å². The number of carbonyl (C=O) groups is 1. The fraction of sp³-hybridized carbons (Fsp3) is 0.615. The lowest BCUT2D eigenvalue weighted by Gasteiger charge is -2.33. The summed E-state index contributed by atoms with van der Waals surface area (Å²) in [6.07, 6.45) is 3.03. The topological polar surface area (TPSA) is 25.2 Å². The minimum Gasteiger partial charge on any atom is -0.342 e. The maximum atomic E-state index is 12.6. The van der Waals surface area contributed by atoms with Crippen molar-refractivity contribution in [1.82, 2.24) is 9.47 Å². The van der Waals surface area contributed by atoms with Gasteiger partial charge in [0.15, 0.2) is 0 Å². The fourth-order valence-electron chi connectivity index (χ4n) is 2.26. The predicted octanol–water partition coefficient (Wildman–Crippen LogP) is 3.24. The van der Waals surface area contributed by atoms with Crippen molar-refractivity contribution in [3.63, 3.8) is 0 Å². The molecule has 1 aliphatic rings. The van der Waals surface area contributed by atoms with Crippen molar-refractivity contribution in [1.29, 1.82) is 0 Å². The van der Waals surface area contributed by atoms with E-state index in [9.17, 15) is 4.79 Å². The number of thioether (sulfide) groups is 1. The van der Waals surface area contributed by atoms with Crippen LogP contribution in [0.3, 0.4) is 0 Å². The van der Waals surface area contributed by atoms with Gasteiger partial charge in [0.1, 0.15) is 5.69 Å². The van der Waals surface area contributed by atoms with Crippen LogP contribution in [0, 0.1) is 0 Å². The molecule has 100 valence electrons. The molecule has 18 heavy (non-hydrogen) atoms. The van der Waals surface area contributed by atoms with E-state index >= 15 is 0 Å². The number of hydrogen-bond donors (Lipinski definition) is 0. The summed E-state index contributed by atoms with van der Waals surface area (Å²) in [4.78, 5) is 14.6. The monoisotopic (exact) mass is 330 g/mol. The second-order valence-electron chi connectivity index (χ2n) is 4.66. The number of aryl methyl sites for hydroxylation is 1. The Balaban J connectivity index is 2.21. The SMILES string of the molecule is CCCn1cc(Br)cc1C(=O)N1CCSCC1C. The number of aromatic nitrogens is 1. The van der Waals surface area contributed by atoms with Gasteiger partial charge < -0.3 is 9.47 Å². The van der Waals surface area contributed by atoms with Gasteiger partial charge in [0.2, 0.25) is 0 Å². The van der Waals surface area contributed by atoms with Crippen molar-refractivity contribution in [2.24, 2.45) is 0 Å². The second kappa shape index (κ2) is 6.15. The van der Waals surface area contributed by atoms with E-state index in [4.69, 9.17) is 0 Å². The summed E-state index contributed by atoms with van der Waals surface area (Å²) in [7, 11) is 0. The summed E-state index contributed by atoms with van der Waals surface area (Å²) in [5.74, 6) is 2.26. The lowest BCUT2D eigenvalue weighted by Crippen LogP contribution is -2.45. The van der Waals surface area contributed by atoms with Crippen LogP contribution < -0.4 is 0 Å². The van der Waals surface area contributed by atoms with Gasteiger partial charge in [-0.1, -0.05) is 6.92 Å². The lowest BCUT2D eigenvalue weighted by atomic mass is 10.2. The zero-order valence-electron chi connectivity index (χ0n) is 10.9. The Morgan fingerprint density at radius 2 is 2.39 bits per heavy atom. The van der Waals surface area contributed by atoms with E-state index in [2.05, 4.69) is 34.3 Å². The van der Waals surface area contributed by atoms with Gasteiger partial charge in [0.05, 0.1) is 0 Å². The van der Waals surface area contributed by atoms with Crippen molar-refractivity contribution < 1.29 is 4.79 Å². The first-order valence-electron chi connectivity index (χ1n) is 6.38. The zero-order valence-corrected chi connectivity index (χ0v) is 13.3. The Bertz CT molecular complexity index is 433. The molecular formula is C13H19BrN2OS. The molecule has 0 aromatic carbocycles. The first-order chi connectivity index (χ1) is 8.63.